The van der Waals surface area contributed by atoms with Gasteiger partial charge in [-0.1, -0.05) is 19.9 Å². The number of H-pyrrole nitrogens is 1. The van der Waals surface area contributed by atoms with Crippen molar-refractivity contribution < 1.29 is 0 Å². The summed E-state index contributed by atoms with van der Waals surface area (Å²) in [5, 5.41) is 8.95. The molecule has 6 nitrogen and oxygen atoms in total. The second kappa shape index (κ2) is 7.99. The smallest absolute Gasteiger partial charge is 0.132 e. The van der Waals surface area contributed by atoms with E-state index in [1.165, 1.54) is 37.8 Å². The number of nitrogens with one attached hydrogen (secondary N) is 1. The van der Waals surface area contributed by atoms with Crippen molar-refractivity contribution in [3.63, 3.8) is 0 Å². The van der Waals surface area contributed by atoms with Gasteiger partial charge in [-0.05, 0) is 61.8 Å². The number of hydrogen-bond donors (Lipinski definition) is 1. The van der Waals surface area contributed by atoms with Gasteiger partial charge in [0.25, 0.3) is 0 Å². The van der Waals surface area contributed by atoms with Gasteiger partial charge in [-0.3, -0.25) is 10.00 Å². The van der Waals surface area contributed by atoms with Crippen LogP contribution in [-0.4, -0.2) is 57.8 Å². The van der Waals surface area contributed by atoms with Crippen LogP contribution in [0.15, 0.2) is 30.6 Å². The molecule has 0 unspecified atom stereocenters. The van der Waals surface area contributed by atoms with Gasteiger partial charge in [0.1, 0.15) is 17.8 Å². The summed E-state index contributed by atoms with van der Waals surface area (Å²) >= 11 is 0. The number of fused-ring (bicyclic) bond motifs is 1. The molecule has 1 aliphatic carbocycles. The number of rotatable bonds is 7. The highest BCUT2D eigenvalue weighted by atomic mass is 15.3. The molecule has 1 N–H and O–H groups in total. The molecule has 0 spiro atoms. The highest BCUT2D eigenvalue weighted by Crippen LogP contribution is 2.48. The molecule has 5 rings (SSSR count). The number of aryl methyl sites for hydroxylation is 1. The van der Waals surface area contributed by atoms with Gasteiger partial charge < -0.3 is 4.90 Å². The number of benzene rings is 1. The third-order valence-corrected chi connectivity index (χ3v) is 6.88. The molecular weight excluding hydrogens is 372 g/mol. The van der Waals surface area contributed by atoms with Crippen molar-refractivity contribution in [3.05, 3.63) is 36.2 Å². The van der Waals surface area contributed by atoms with Gasteiger partial charge in [-0.25, -0.2) is 9.97 Å². The van der Waals surface area contributed by atoms with Crippen LogP contribution < -0.4 is 4.90 Å². The van der Waals surface area contributed by atoms with Crippen LogP contribution in [0, 0.1) is 5.41 Å². The predicted octanol–water partition coefficient (Wildman–Crippen LogP) is 4.28. The van der Waals surface area contributed by atoms with Crippen LogP contribution in [0.25, 0.3) is 22.3 Å². The van der Waals surface area contributed by atoms with Gasteiger partial charge in [0.05, 0.1) is 11.2 Å². The van der Waals surface area contributed by atoms with E-state index in [1.807, 2.05) is 0 Å². The molecule has 0 bridgehead atoms. The Kier molecular flexibility index (Phi) is 5.19. The second-order valence-electron chi connectivity index (χ2n) is 9.35. The van der Waals surface area contributed by atoms with Gasteiger partial charge in [-0.15, -0.1) is 0 Å². The molecule has 2 aromatic heterocycles. The topological polar surface area (TPSA) is 60.9 Å². The van der Waals surface area contributed by atoms with E-state index in [4.69, 9.17) is 0 Å². The summed E-state index contributed by atoms with van der Waals surface area (Å²) in [6.45, 7) is 10.1. The van der Waals surface area contributed by atoms with Crippen molar-refractivity contribution in [1.29, 1.82) is 0 Å². The first-order valence-electron chi connectivity index (χ1n) is 11.4. The zero-order chi connectivity index (χ0) is 20.6. The Bertz CT molecular complexity index is 1010. The molecule has 158 valence electrons. The fraction of sp³-hybridized carbons (Fsp3) is 0.542. The minimum atomic E-state index is 0.580. The summed E-state index contributed by atoms with van der Waals surface area (Å²) in [5.74, 6) is 1.00. The average Bonchev–Trinajstić information content (AvgIpc) is 3.37. The number of piperazine rings is 1. The van der Waals surface area contributed by atoms with Crippen molar-refractivity contribution in [2.45, 2.75) is 46.0 Å². The SMILES string of the molecule is CCCN1CCN(c2cc(-c3n[nH]c4ccc(CCC5(C)CC5)cc34)ncn2)CC1. The van der Waals surface area contributed by atoms with E-state index in [0.717, 1.165) is 60.7 Å². The Morgan fingerprint density at radius 3 is 2.67 bits per heavy atom. The van der Waals surface area contributed by atoms with Crippen molar-refractivity contribution in [1.82, 2.24) is 25.1 Å². The summed E-state index contributed by atoms with van der Waals surface area (Å²) in [7, 11) is 0. The number of anilines is 1. The molecule has 1 aliphatic heterocycles. The summed E-state index contributed by atoms with van der Waals surface area (Å²) < 4.78 is 0. The fourth-order valence-corrected chi connectivity index (χ4v) is 4.49. The lowest BCUT2D eigenvalue weighted by atomic mass is 9.98. The Morgan fingerprint density at radius 1 is 1.07 bits per heavy atom. The zero-order valence-corrected chi connectivity index (χ0v) is 18.2. The molecular formula is C24H32N6. The third-order valence-electron chi connectivity index (χ3n) is 6.88. The molecule has 1 saturated heterocycles. The van der Waals surface area contributed by atoms with Gasteiger partial charge in [-0.2, -0.15) is 5.10 Å². The Labute approximate surface area is 178 Å². The minimum absolute atomic E-state index is 0.580. The van der Waals surface area contributed by atoms with Gasteiger partial charge in [0.15, 0.2) is 0 Å². The van der Waals surface area contributed by atoms with Crippen molar-refractivity contribution in [2.75, 3.05) is 37.6 Å². The molecule has 1 aromatic carbocycles. The van der Waals surface area contributed by atoms with Crippen LogP contribution in [-0.2, 0) is 6.42 Å². The largest absolute Gasteiger partial charge is 0.354 e. The van der Waals surface area contributed by atoms with Crippen LogP contribution in [0.2, 0.25) is 0 Å². The molecule has 3 aromatic rings. The first kappa shape index (κ1) is 19.5. The van der Waals surface area contributed by atoms with E-state index in [-0.39, 0.29) is 0 Å². The third kappa shape index (κ3) is 4.06. The molecule has 3 heterocycles. The maximum Gasteiger partial charge on any atom is 0.132 e. The first-order chi connectivity index (χ1) is 14.6. The average molecular weight is 405 g/mol. The first-order valence-corrected chi connectivity index (χ1v) is 11.4. The predicted molar refractivity (Wildman–Crippen MR) is 122 cm³/mol. The Morgan fingerprint density at radius 2 is 1.90 bits per heavy atom. The molecule has 2 fully saturated rings. The molecule has 30 heavy (non-hydrogen) atoms. The quantitative estimate of drug-likeness (QED) is 0.637. The summed E-state index contributed by atoms with van der Waals surface area (Å²) in [6, 6.07) is 8.79. The van der Waals surface area contributed by atoms with E-state index in [2.05, 4.69) is 68.1 Å². The number of aromatic amines is 1. The van der Waals surface area contributed by atoms with Crippen LogP contribution in [0.1, 0.15) is 45.1 Å². The fourth-order valence-electron chi connectivity index (χ4n) is 4.49. The number of hydrogen-bond acceptors (Lipinski definition) is 5. The lowest BCUT2D eigenvalue weighted by Gasteiger charge is -2.35. The molecule has 1 saturated carbocycles. The number of aromatic nitrogens is 4. The maximum absolute atomic E-state index is 4.61. The molecule has 0 amide bonds. The molecule has 6 heteroatoms. The number of nitrogens with zero attached hydrogens (tertiary/aromatic N) is 5. The van der Waals surface area contributed by atoms with Crippen LogP contribution in [0.3, 0.4) is 0 Å². The van der Waals surface area contributed by atoms with E-state index in [1.54, 1.807) is 6.33 Å². The van der Waals surface area contributed by atoms with Gasteiger partial charge in [0.2, 0.25) is 0 Å². The van der Waals surface area contributed by atoms with E-state index in [0.29, 0.717) is 5.41 Å². The summed E-state index contributed by atoms with van der Waals surface area (Å²) in [4.78, 5) is 14.0. The highest BCUT2D eigenvalue weighted by molar-refractivity contribution is 5.92. The van der Waals surface area contributed by atoms with Crippen molar-refractivity contribution in [3.8, 4) is 11.4 Å². The zero-order valence-electron chi connectivity index (χ0n) is 18.2. The maximum atomic E-state index is 4.61. The lowest BCUT2D eigenvalue weighted by Crippen LogP contribution is -2.46. The van der Waals surface area contributed by atoms with Crippen molar-refractivity contribution in [2.24, 2.45) is 5.41 Å². The Balaban J connectivity index is 1.36. The lowest BCUT2D eigenvalue weighted by molar-refractivity contribution is 0.258. The summed E-state index contributed by atoms with van der Waals surface area (Å²) in [6.07, 6.45) is 8.05. The van der Waals surface area contributed by atoms with Gasteiger partial charge in [0, 0.05) is 37.6 Å². The van der Waals surface area contributed by atoms with Gasteiger partial charge >= 0.3 is 0 Å². The normalized spacial score (nSPS) is 18.8. The standard InChI is InChI=1S/C24H32N6/c1-3-10-29-11-13-30(14-12-29)22-16-21(25-17-26-22)23-19-15-18(4-5-20(19)27-28-23)6-7-24(2)8-9-24/h4-5,15-17H,3,6-14H2,1-2H3,(H,27,28). The second-order valence-corrected chi connectivity index (χ2v) is 9.35. The van der Waals surface area contributed by atoms with E-state index >= 15 is 0 Å². The molecule has 0 radical (unpaired) electrons. The highest BCUT2D eigenvalue weighted by Gasteiger charge is 2.36. The molecule has 2 aliphatic rings. The van der Waals surface area contributed by atoms with Crippen molar-refractivity contribution >= 4 is 16.7 Å². The van der Waals surface area contributed by atoms with Crippen LogP contribution in [0.4, 0.5) is 5.82 Å². The minimum Gasteiger partial charge on any atom is -0.354 e. The molecule has 0 atom stereocenters. The van der Waals surface area contributed by atoms with Crippen LogP contribution >= 0.6 is 0 Å². The van der Waals surface area contributed by atoms with Crippen LogP contribution in [0.5, 0.6) is 0 Å². The monoisotopic (exact) mass is 404 g/mol. The van der Waals surface area contributed by atoms with E-state index in [9.17, 15) is 0 Å². The van der Waals surface area contributed by atoms with E-state index < -0.39 is 0 Å². The summed E-state index contributed by atoms with van der Waals surface area (Å²) in [5.41, 5.74) is 4.86. The Hall–Kier alpha value is -2.47.